The smallest absolute Gasteiger partial charge is 0.293 e. The van der Waals surface area contributed by atoms with E-state index in [1.165, 1.54) is 18.5 Å². The predicted octanol–water partition coefficient (Wildman–Crippen LogP) is 5.10. The summed E-state index contributed by atoms with van der Waals surface area (Å²) in [5.41, 5.74) is 0.837. The SMILES string of the molecule is Fc1cc(Br)ccc1CSc1nnc(-c2ccncc2)n1CC(F)(F)F. The summed E-state index contributed by atoms with van der Waals surface area (Å²) in [5.74, 6) is -0.225. The number of nitrogens with zero attached hydrogens (tertiary/aromatic N) is 4. The Morgan fingerprint density at radius 3 is 2.46 bits per heavy atom. The maximum absolute atomic E-state index is 13.9. The second-order valence-electron chi connectivity index (χ2n) is 5.27. The third-order valence-corrected chi connectivity index (χ3v) is 4.87. The lowest BCUT2D eigenvalue weighted by molar-refractivity contribution is -0.141. The van der Waals surface area contributed by atoms with Crippen LogP contribution in [-0.2, 0) is 12.3 Å². The van der Waals surface area contributed by atoms with Gasteiger partial charge in [-0.15, -0.1) is 10.2 Å². The molecule has 1 aromatic carbocycles. The molecule has 4 nitrogen and oxygen atoms in total. The lowest BCUT2D eigenvalue weighted by atomic mass is 10.2. The molecule has 0 spiro atoms. The topological polar surface area (TPSA) is 43.6 Å². The van der Waals surface area contributed by atoms with Gasteiger partial charge in [-0.05, 0) is 29.8 Å². The summed E-state index contributed by atoms with van der Waals surface area (Å²) in [7, 11) is 0. The van der Waals surface area contributed by atoms with Crippen LogP contribution in [0.4, 0.5) is 17.6 Å². The van der Waals surface area contributed by atoms with E-state index in [0.29, 0.717) is 15.6 Å². The summed E-state index contributed by atoms with van der Waals surface area (Å²) < 4.78 is 54.5. The lowest BCUT2D eigenvalue weighted by Crippen LogP contribution is -2.19. The number of halogens is 5. The number of alkyl halides is 3. The maximum Gasteiger partial charge on any atom is 0.406 e. The van der Waals surface area contributed by atoms with Gasteiger partial charge in [0, 0.05) is 28.2 Å². The normalized spacial score (nSPS) is 11.7. The fourth-order valence-corrected chi connectivity index (χ4v) is 3.47. The van der Waals surface area contributed by atoms with E-state index in [1.54, 1.807) is 24.3 Å². The Labute approximate surface area is 158 Å². The number of thioether (sulfide) groups is 1. The molecular formula is C16H11BrF4N4S. The van der Waals surface area contributed by atoms with Gasteiger partial charge in [0.05, 0.1) is 0 Å². The highest BCUT2D eigenvalue weighted by atomic mass is 79.9. The molecule has 2 aromatic heterocycles. The van der Waals surface area contributed by atoms with Gasteiger partial charge in [-0.2, -0.15) is 13.2 Å². The minimum absolute atomic E-state index is 0.0662. The van der Waals surface area contributed by atoms with E-state index < -0.39 is 18.5 Å². The molecule has 2 heterocycles. The third kappa shape index (κ3) is 4.61. The van der Waals surface area contributed by atoms with Gasteiger partial charge < -0.3 is 0 Å². The molecule has 0 bridgehead atoms. The van der Waals surface area contributed by atoms with Crippen LogP contribution in [0.25, 0.3) is 11.4 Å². The molecule has 0 atom stereocenters. The molecule has 3 rings (SSSR count). The number of pyridine rings is 1. The van der Waals surface area contributed by atoms with Crippen LogP contribution in [0.15, 0.2) is 52.4 Å². The molecule has 0 fully saturated rings. The highest BCUT2D eigenvalue weighted by molar-refractivity contribution is 9.10. The van der Waals surface area contributed by atoms with Crippen molar-refractivity contribution in [1.29, 1.82) is 0 Å². The Hall–Kier alpha value is -1.94. The van der Waals surface area contributed by atoms with E-state index >= 15 is 0 Å². The predicted molar refractivity (Wildman–Crippen MR) is 93.0 cm³/mol. The number of hydrogen-bond acceptors (Lipinski definition) is 4. The zero-order valence-electron chi connectivity index (χ0n) is 13.0. The van der Waals surface area contributed by atoms with Crippen LogP contribution in [0.2, 0.25) is 0 Å². The second-order valence-corrected chi connectivity index (χ2v) is 7.13. The molecular weight excluding hydrogens is 436 g/mol. The van der Waals surface area contributed by atoms with Crippen LogP contribution in [0.1, 0.15) is 5.56 Å². The van der Waals surface area contributed by atoms with E-state index in [1.807, 2.05) is 0 Å². The summed E-state index contributed by atoms with van der Waals surface area (Å²) in [6.45, 7) is -1.23. The Kier molecular flexibility index (Phi) is 5.61. The number of rotatable bonds is 5. The zero-order chi connectivity index (χ0) is 18.7. The summed E-state index contributed by atoms with van der Waals surface area (Å²) in [5, 5.41) is 7.81. The first-order valence-corrected chi connectivity index (χ1v) is 9.08. The average molecular weight is 447 g/mol. The minimum atomic E-state index is -4.44. The molecule has 3 aromatic rings. The zero-order valence-corrected chi connectivity index (χ0v) is 15.4. The molecule has 0 aliphatic carbocycles. The van der Waals surface area contributed by atoms with E-state index in [-0.39, 0.29) is 16.7 Å². The molecule has 0 saturated heterocycles. The first kappa shape index (κ1) is 18.8. The van der Waals surface area contributed by atoms with E-state index in [4.69, 9.17) is 0 Å². The van der Waals surface area contributed by atoms with Crippen LogP contribution in [0.5, 0.6) is 0 Å². The molecule has 0 amide bonds. The van der Waals surface area contributed by atoms with Crippen molar-refractivity contribution < 1.29 is 17.6 Å². The first-order valence-electron chi connectivity index (χ1n) is 7.30. The van der Waals surface area contributed by atoms with Crippen molar-refractivity contribution in [3.05, 3.63) is 58.6 Å². The molecule has 0 unspecified atom stereocenters. The van der Waals surface area contributed by atoms with Crippen LogP contribution in [0.3, 0.4) is 0 Å². The summed E-state index contributed by atoms with van der Waals surface area (Å²) in [4.78, 5) is 3.84. The van der Waals surface area contributed by atoms with Gasteiger partial charge in [0.1, 0.15) is 12.4 Å². The number of aromatic nitrogens is 4. The second kappa shape index (κ2) is 7.75. The van der Waals surface area contributed by atoms with Crippen molar-refractivity contribution in [3.63, 3.8) is 0 Å². The van der Waals surface area contributed by atoms with Crippen molar-refractivity contribution in [2.45, 2.75) is 23.6 Å². The van der Waals surface area contributed by atoms with Gasteiger partial charge in [-0.3, -0.25) is 9.55 Å². The highest BCUT2D eigenvalue weighted by Gasteiger charge is 2.31. The summed E-state index contributed by atoms with van der Waals surface area (Å²) >= 11 is 4.16. The van der Waals surface area contributed by atoms with Crippen molar-refractivity contribution in [2.24, 2.45) is 0 Å². The van der Waals surface area contributed by atoms with Crippen LogP contribution >= 0.6 is 27.7 Å². The van der Waals surface area contributed by atoms with E-state index in [9.17, 15) is 17.6 Å². The largest absolute Gasteiger partial charge is 0.406 e. The average Bonchev–Trinajstić information content (AvgIpc) is 2.96. The van der Waals surface area contributed by atoms with Crippen molar-refractivity contribution in [1.82, 2.24) is 19.7 Å². The fraction of sp³-hybridized carbons (Fsp3) is 0.188. The monoisotopic (exact) mass is 446 g/mol. The van der Waals surface area contributed by atoms with Gasteiger partial charge >= 0.3 is 6.18 Å². The Morgan fingerprint density at radius 1 is 1.08 bits per heavy atom. The van der Waals surface area contributed by atoms with Crippen molar-refractivity contribution in [3.8, 4) is 11.4 Å². The standard InChI is InChI=1S/C16H11BrF4N4S/c17-12-2-1-11(13(18)7-12)8-26-15-24-23-14(10-3-5-22-6-4-10)25(15)9-16(19,20)21/h1-7H,8-9H2. The third-order valence-electron chi connectivity index (χ3n) is 3.36. The Balaban J connectivity index is 1.90. The lowest BCUT2D eigenvalue weighted by Gasteiger charge is -2.12. The number of hydrogen-bond donors (Lipinski definition) is 0. The Bertz CT molecular complexity index is 899. The molecule has 0 aliphatic heterocycles. The summed E-state index contributed by atoms with van der Waals surface area (Å²) in [6.07, 6.45) is -1.51. The van der Waals surface area contributed by atoms with Gasteiger partial charge in [0.2, 0.25) is 0 Å². The van der Waals surface area contributed by atoms with Crippen LogP contribution < -0.4 is 0 Å². The number of benzene rings is 1. The Morgan fingerprint density at radius 2 is 1.81 bits per heavy atom. The van der Waals surface area contributed by atoms with E-state index in [2.05, 4.69) is 31.1 Å². The molecule has 0 N–H and O–H groups in total. The quantitative estimate of drug-likeness (QED) is 0.404. The van der Waals surface area contributed by atoms with Gasteiger partial charge in [-0.25, -0.2) is 4.39 Å². The minimum Gasteiger partial charge on any atom is -0.293 e. The molecule has 0 aliphatic rings. The van der Waals surface area contributed by atoms with Gasteiger partial charge in [0.25, 0.3) is 0 Å². The van der Waals surface area contributed by atoms with E-state index in [0.717, 1.165) is 16.3 Å². The fourth-order valence-electron chi connectivity index (χ4n) is 2.21. The molecule has 0 radical (unpaired) electrons. The molecule has 26 heavy (non-hydrogen) atoms. The highest BCUT2D eigenvalue weighted by Crippen LogP contribution is 2.30. The van der Waals surface area contributed by atoms with Gasteiger partial charge in [0.15, 0.2) is 11.0 Å². The molecule has 136 valence electrons. The van der Waals surface area contributed by atoms with Crippen LogP contribution in [0, 0.1) is 5.82 Å². The molecule has 0 saturated carbocycles. The first-order chi connectivity index (χ1) is 12.3. The van der Waals surface area contributed by atoms with Crippen molar-refractivity contribution in [2.75, 3.05) is 0 Å². The van der Waals surface area contributed by atoms with Gasteiger partial charge in [-0.1, -0.05) is 33.8 Å². The van der Waals surface area contributed by atoms with Crippen LogP contribution in [-0.4, -0.2) is 25.9 Å². The van der Waals surface area contributed by atoms with Crippen molar-refractivity contribution >= 4 is 27.7 Å². The maximum atomic E-state index is 13.9. The summed E-state index contributed by atoms with van der Waals surface area (Å²) in [6, 6.07) is 7.65. The molecule has 10 heteroatoms.